The molecule has 0 spiro atoms. The Hall–Kier alpha value is -6.88. The smallest absolute Gasteiger partial charge is 0.0991 e. The Morgan fingerprint density at radius 3 is 1.40 bits per heavy atom. The molecular formula is C44H26N4. The molecule has 0 atom stereocenters. The van der Waals surface area contributed by atoms with Crippen molar-refractivity contribution >= 4 is 43.6 Å². The van der Waals surface area contributed by atoms with Crippen LogP contribution in [-0.4, -0.2) is 9.13 Å². The Balaban J connectivity index is 1.26. The molecule has 9 aromatic rings. The highest BCUT2D eigenvalue weighted by Crippen LogP contribution is 2.39. The fourth-order valence-electron chi connectivity index (χ4n) is 7.12. The monoisotopic (exact) mass is 610 g/mol. The van der Waals surface area contributed by atoms with Crippen LogP contribution in [0.4, 0.5) is 0 Å². The van der Waals surface area contributed by atoms with E-state index in [1.165, 1.54) is 16.2 Å². The van der Waals surface area contributed by atoms with E-state index in [-0.39, 0.29) is 0 Å². The summed E-state index contributed by atoms with van der Waals surface area (Å²) in [6.45, 7) is 0. The lowest BCUT2D eigenvalue weighted by Gasteiger charge is -2.09. The second kappa shape index (κ2) is 10.9. The van der Waals surface area contributed by atoms with Crippen LogP contribution in [0.25, 0.3) is 77.2 Å². The fraction of sp³-hybridized carbons (Fsp3) is 0. The summed E-state index contributed by atoms with van der Waals surface area (Å²) >= 11 is 0. The van der Waals surface area contributed by atoms with Crippen molar-refractivity contribution in [2.24, 2.45) is 0 Å². The van der Waals surface area contributed by atoms with Gasteiger partial charge >= 0.3 is 0 Å². The van der Waals surface area contributed by atoms with Gasteiger partial charge in [-0.3, -0.25) is 0 Å². The van der Waals surface area contributed by atoms with E-state index in [1.54, 1.807) is 0 Å². The molecule has 0 saturated carbocycles. The minimum Gasteiger partial charge on any atom is -0.309 e. The molecule has 222 valence electrons. The van der Waals surface area contributed by atoms with Crippen molar-refractivity contribution in [3.8, 4) is 45.8 Å². The van der Waals surface area contributed by atoms with E-state index in [2.05, 4.69) is 130 Å². The van der Waals surface area contributed by atoms with E-state index >= 15 is 0 Å². The third-order valence-electron chi connectivity index (χ3n) is 9.36. The molecule has 4 heteroatoms. The second-order valence-corrected chi connectivity index (χ2v) is 12.1. The molecule has 2 aromatic heterocycles. The highest BCUT2D eigenvalue weighted by atomic mass is 15.0. The molecular weight excluding hydrogens is 585 g/mol. The van der Waals surface area contributed by atoms with Crippen molar-refractivity contribution in [1.82, 2.24) is 9.13 Å². The Morgan fingerprint density at radius 1 is 0.333 bits per heavy atom. The average Bonchev–Trinajstić information content (AvgIpc) is 3.67. The van der Waals surface area contributed by atoms with Gasteiger partial charge in [-0.25, -0.2) is 0 Å². The van der Waals surface area contributed by atoms with E-state index in [1.807, 2.05) is 48.5 Å². The summed E-state index contributed by atoms with van der Waals surface area (Å²) in [4.78, 5) is 0. The standard InChI is InChI=1S/C44H26N4/c45-27-29-13-18-36(19-14-29)48-41-12-5-4-11-37(41)38-24-33(16-20-42(38)48)34-17-22-44-40(26-34)39-25-32(31-8-6-7-30(23-31)28-46)15-21-43(39)47(44)35-9-2-1-3-10-35/h1-26H. The van der Waals surface area contributed by atoms with E-state index in [0.29, 0.717) is 11.1 Å². The number of para-hydroxylation sites is 2. The molecule has 0 saturated heterocycles. The summed E-state index contributed by atoms with van der Waals surface area (Å²) in [5.74, 6) is 0. The maximum absolute atomic E-state index is 9.53. The van der Waals surface area contributed by atoms with Gasteiger partial charge in [-0.05, 0) is 113 Å². The fourth-order valence-corrected chi connectivity index (χ4v) is 7.12. The van der Waals surface area contributed by atoms with Crippen LogP contribution in [0.5, 0.6) is 0 Å². The number of benzene rings is 7. The summed E-state index contributed by atoms with van der Waals surface area (Å²) in [6, 6.07) is 59.1. The number of aromatic nitrogens is 2. The predicted octanol–water partition coefficient (Wildman–Crippen LogP) is 11.0. The molecule has 0 fully saturated rings. The third kappa shape index (κ3) is 4.29. The van der Waals surface area contributed by atoms with Gasteiger partial charge in [0.15, 0.2) is 0 Å². The molecule has 0 N–H and O–H groups in total. The topological polar surface area (TPSA) is 57.4 Å². The van der Waals surface area contributed by atoms with Gasteiger partial charge < -0.3 is 9.13 Å². The van der Waals surface area contributed by atoms with E-state index < -0.39 is 0 Å². The first-order valence-electron chi connectivity index (χ1n) is 15.9. The molecule has 7 aromatic carbocycles. The second-order valence-electron chi connectivity index (χ2n) is 12.1. The lowest BCUT2D eigenvalue weighted by atomic mass is 9.98. The zero-order valence-electron chi connectivity index (χ0n) is 25.8. The van der Waals surface area contributed by atoms with Crippen molar-refractivity contribution in [1.29, 1.82) is 10.5 Å². The van der Waals surface area contributed by atoms with Crippen LogP contribution in [0.3, 0.4) is 0 Å². The molecule has 0 aliphatic rings. The molecule has 0 unspecified atom stereocenters. The Labute approximate surface area is 277 Å². The van der Waals surface area contributed by atoms with Crippen LogP contribution >= 0.6 is 0 Å². The molecule has 0 aliphatic heterocycles. The number of hydrogen-bond donors (Lipinski definition) is 0. The third-order valence-corrected chi connectivity index (χ3v) is 9.36. The van der Waals surface area contributed by atoms with Crippen LogP contribution in [-0.2, 0) is 0 Å². The largest absolute Gasteiger partial charge is 0.309 e. The minimum atomic E-state index is 0.647. The summed E-state index contributed by atoms with van der Waals surface area (Å²) in [7, 11) is 0. The zero-order chi connectivity index (χ0) is 32.2. The van der Waals surface area contributed by atoms with Gasteiger partial charge in [0.05, 0.1) is 45.3 Å². The number of rotatable bonds is 4. The van der Waals surface area contributed by atoms with Crippen LogP contribution in [0.15, 0.2) is 158 Å². The van der Waals surface area contributed by atoms with Gasteiger partial charge in [-0.15, -0.1) is 0 Å². The van der Waals surface area contributed by atoms with Crippen molar-refractivity contribution < 1.29 is 0 Å². The molecule has 2 heterocycles. The quantitative estimate of drug-likeness (QED) is 0.199. The minimum absolute atomic E-state index is 0.647. The molecule has 9 rings (SSSR count). The van der Waals surface area contributed by atoms with Crippen molar-refractivity contribution in [3.63, 3.8) is 0 Å². The Morgan fingerprint density at radius 2 is 0.812 bits per heavy atom. The Kier molecular flexibility index (Phi) is 6.22. The van der Waals surface area contributed by atoms with Crippen molar-refractivity contribution in [3.05, 3.63) is 169 Å². The maximum atomic E-state index is 9.53. The van der Waals surface area contributed by atoms with Crippen LogP contribution in [0, 0.1) is 22.7 Å². The first kappa shape index (κ1) is 27.4. The normalized spacial score (nSPS) is 11.3. The molecule has 0 bridgehead atoms. The van der Waals surface area contributed by atoms with E-state index in [9.17, 15) is 10.5 Å². The van der Waals surface area contributed by atoms with Gasteiger partial charge in [0, 0.05) is 32.9 Å². The van der Waals surface area contributed by atoms with Crippen LogP contribution in [0.1, 0.15) is 11.1 Å². The highest BCUT2D eigenvalue weighted by molar-refractivity contribution is 6.13. The van der Waals surface area contributed by atoms with Crippen molar-refractivity contribution in [2.75, 3.05) is 0 Å². The summed E-state index contributed by atoms with van der Waals surface area (Å²) in [5.41, 5.74) is 12.3. The first-order valence-corrected chi connectivity index (χ1v) is 15.9. The molecule has 48 heavy (non-hydrogen) atoms. The van der Waals surface area contributed by atoms with Gasteiger partial charge in [0.2, 0.25) is 0 Å². The molecule has 0 radical (unpaired) electrons. The van der Waals surface area contributed by atoms with E-state index in [4.69, 9.17) is 0 Å². The number of nitrogens with zero attached hydrogens (tertiary/aromatic N) is 4. The number of nitriles is 2. The van der Waals surface area contributed by atoms with Crippen LogP contribution in [0.2, 0.25) is 0 Å². The van der Waals surface area contributed by atoms with Crippen LogP contribution < -0.4 is 0 Å². The number of fused-ring (bicyclic) bond motifs is 6. The molecule has 0 aliphatic carbocycles. The van der Waals surface area contributed by atoms with Gasteiger partial charge in [0.25, 0.3) is 0 Å². The lowest BCUT2D eigenvalue weighted by molar-refractivity contribution is 1.18. The zero-order valence-corrected chi connectivity index (χ0v) is 25.8. The summed E-state index contributed by atoms with van der Waals surface area (Å²) < 4.78 is 4.60. The highest BCUT2D eigenvalue weighted by Gasteiger charge is 2.17. The Bertz CT molecular complexity index is 2790. The summed E-state index contributed by atoms with van der Waals surface area (Å²) in [6.07, 6.45) is 0. The van der Waals surface area contributed by atoms with Crippen molar-refractivity contribution in [2.45, 2.75) is 0 Å². The summed E-state index contributed by atoms with van der Waals surface area (Å²) in [5, 5.41) is 23.6. The van der Waals surface area contributed by atoms with E-state index in [0.717, 1.165) is 61.1 Å². The molecule has 0 amide bonds. The van der Waals surface area contributed by atoms with Gasteiger partial charge in [-0.2, -0.15) is 10.5 Å². The average molecular weight is 611 g/mol. The first-order chi connectivity index (χ1) is 23.7. The molecule has 4 nitrogen and oxygen atoms in total. The lowest BCUT2D eigenvalue weighted by Crippen LogP contribution is -1.94. The maximum Gasteiger partial charge on any atom is 0.0991 e. The van der Waals surface area contributed by atoms with Gasteiger partial charge in [-0.1, -0.05) is 66.7 Å². The predicted molar refractivity (Wildman–Crippen MR) is 195 cm³/mol. The van der Waals surface area contributed by atoms with Gasteiger partial charge in [0.1, 0.15) is 0 Å². The SMILES string of the molecule is N#Cc1ccc(-n2c3ccccc3c3cc(-c4ccc5c(c4)c4cc(-c6cccc(C#N)c6)ccc4n5-c4ccccc4)ccc32)cc1. The number of hydrogen-bond acceptors (Lipinski definition) is 2.